The lowest BCUT2D eigenvalue weighted by Crippen LogP contribution is -2.03. The van der Waals surface area contributed by atoms with Crippen LogP contribution >= 0.6 is 11.6 Å². The van der Waals surface area contributed by atoms with Gasteiger partial charge >= 0.3 is 0 Å². The van der Waals surface area contributed by atoms with Gasteiger partial charge in [0.15, 0.2) is 11.6 Å². The number of hydrogen-bond donors (Lipinski definition) is 0. The molecular formula is C15H15ClN2O2. The monoisotopic (exact) mass is 290 g/mol. The van der Waals surface area contributed by atoms with Gasteiger partial charge in [0.1, 0.15) is 0 Å². The number of imidazole rings is 1. The highest BCUT2D eigenvalue weighted by molar-refractivity contribution is 6.31. The molecule has 5 heteroatoms. The molecule has 0 unspecified atom stereocenters. The lowest BCUT2D eigenvalue weighted by molar-refractivity contribution is 0.191. The summed E-state index contributed by atoms with van der Waals surface area (Å²) in [6.45, 7) is 1.53. The molecule has 0 saturated heterocycles. The Morgan fingerprint density at radius 3 is 3.00 bits per heavy atom. The molecule has 0 fully saturated rings. The number of hydrogen-bond acceptors (Lipinski definition) is 3. The maximum absolute atomic E-state index is 6.04. The lowest BCUT2D eigenvalue weighted by atomic mass is 10.3. The van der Waals surface area contributed by atoms with Crippen LogP contribution in [0.3, 0.4) is 0 Å². The Morgan fingerprint density at radius 1 is 1.35 bits per heavy atom. The van der Waals surface area contributed by atoms with Gasteiger partial charge in [-0.25, -0.2) is 4.98 Å². The van der Waals surface area contributed by atoms with E-state index in [2.05, 4.69) is 9.55 Å². The summed E-state index contributed by atoms with van der Waals surface area (Å²) in [7, 11) is 1.71. The number of methoxy groups -OCH3 is 1. The average molecular weight is 291 g/mol. The number of rotatable bonds is 5. The van der Waals surface area contributed by atoms with E-state index in [0.29, 0.717) is 11.6 Å². The van der Waals surface area contributed by atoms with Crippen molar-refractivity contribution in [1.29, 1.82) is 0 Å². The van der Waals surface area contributed by atoms with Gasteiger partial charge in [-0.15, -0.1) is 0 Å². The Balaban J connectivity index is 2.09. The van der Waals surface area contributed by atoms with Gasteiger partial charge in [-0.2, -0.15) is 0 Å². The van der Waals surface area contributed by atoms with Gasteiger partial charge in [0.05, 0.1) is 17.3 Å². The second-order valence-electron chi connectivity index (χ2n) is 4.54. The highest BCUT2D eigenvalue weighted by Crippen LogP contribution is 2.27. The first-order valence-corrected chi connectivity index (χ1v) is 6.86. The first-order valence-electron chi connectivity index (χ1n) is 6.48. The molecule has 2 aromatic heterocycles. The molecule has 0 spiro atoms. The van der Waals surface area contributed by atoms with Crippen molar-refractivity contribution in [1.82, 2.24) is 9.55 Å². The summed E-state index contributed by atoms with van der Waals surface area (Å²) in [4.78, 5) is 4.64. The average Bonchev–Trinajstić information content (AvgIpc) is 3.06. The van der Waals surface area contributed by atoms with Crippen LogP contribution in [0.4, 0.5) is 0 Å². The largest absolute Gasteiger partial charge is 0.461 e. The number of furan rings is 1. The van der Waals surface area contributed by atoms with Gasteiger partial charge in [-0.3, -0.25) is 0 Å². The van der Waals surface area contributed by atoms with E-state index in [9.17, 15) is 0 Å². The van der Waals surface area contributed by atoms with E-state index >= 15 is 0 Å². The molecule has 0 aliphatic heterocycles. The first kappa shape index (κ1) is 13.2. The number of ether oxygens (including phenoxy) is 1. The van der Waals surface area contributed by atoms with Gasteiger partial charge < -0.3 is 13.7 Å². The summed E-state index contributed by atoms with van der Waals surface area (Å²) in [6, 6.07) is 9.52. The molecule has 3 aromatic rings. The van der Waals surface area contributed by atoms with Crippen LogP contribution in [0.1, 0.15) is 6.42 Å². The normalized spacial score (nSPS) is 11.3. The van der Waals surface area contributed by atoms with Gasteiger partial charge in [-0.1, -0.05) is 11.6 Å². The van der Waals surface area contributed by atoms with Crippen molar-refractivity contribution in [3.63, 3.8) is 0 Å². The van der Waals surface area contributed by atoms with Gasteiger partial charge in [-0.05, 0) is 36.8 Å². The molecule has 0 amide bonds. The van der Waals surface area contributed by atoms with Crippen molar-refractivity contribution >= 4 is 22.6 Å². The van der Waals surface area contributed by atoms with Crippen LogP contribution in [0.25, 0.3) is 22.6 Å². The van der Waals surface area contributed by atoms with Crippen molar-refractivity contribution in [3.8, 4) is 11.6 Å². The summed E-state index contributed by atoms with van der Waals surface area (Å²) in [5, 5.41) is 0.685. The van der Waals surface area contributed by atoms with Crippen LogP contribution in [0.2, 0.25) is 5.02 Å². The minimum absolute atomic E-state index is 0.685. The fraction of sp³-hybridized carbons (Fsp3) is 0.267. The first-order chi connectivity index (χ1) is 9.79. The third-order valence-corrected chi connectivity index (χ3v) is 3.42. The summed E-state index contributed by atoms with van der Waals surface area (Å²) in [6.07, 6.45) is 2.57. The number of halogens is 1. The molecule has 0 N–H and O–H groups in total. The van der Waals surface area contributed by atoms with Crippen LogP contribution in [0.5, 0.6) is 0 Å². The predicted octanol–water partition coefficient (Wildman–Crippen LogP) is 3.99. The maximum Gasteiger partial charge on any atom is 0.177 e. The van der Waals surface area contributed by atoms with Crippen LogP contribution < -0.4 is 0 Å². The lowest BCUT2D eigenvalue weighted by Gasteiger charge is -2.07. The molecule has 0 radical (unpaired) electrons. The summed E-state index contributed by atoms with van der Waals surface area (Å²) < 4.78 is 12.7. The van der Waals surface area contributed by atoms with Crippen LogP contribution in [0, 0.1) is 0 Å². The topological polar surface area (TPSA) is 40.2 Å². The fourth-order valence-electron chi connectivity index (χ4n) is 2.29. The van der Waals surface area contributed by atoms with E-state index in [1.165, 1.54) is 0 Å². The zero-order valence-electron chi connectivity index (χ0n) is 11.2. The molecule has 20 heavy (non-hydrogen) atoms. The second kappa shape index (κ2) is 5.69. The molecule has 2 heterocycles. The van der Waals surface area contributed by atoms with E-state index in [0.717, 1.165) is 35.6 Å². The second-order valence-corrected chi connectivity index (χ2v) is 4.98. The summed E-state index contributed by atoms with van der Waals surface area (Å²) in [5.41, 5.74) is 1.93. The number of fused-ring (bicyclic) bond motifs is 1. The summed E-state index contributed by atoms with van der Waals surface area (Å²) in [5.74, 6) is 1.58. The zero-order chi connectivity index (χ0) is 13.9. The summed E-state index contributed by atoms with van der Waals surface area (Å²) >= 11 is 6.04. The molecular weight excluding hydrogens is 276 g/mol. The maximum atomic E-state index is 6.04. The smallest absolute Gasteiger partial charge is 0.177 e. The molecule has 1 aromatic carbocycles. The quantitative estimate of drug-likeness (QED) is 0.667. The van der Waals surface area contributed by atoms with Crippen LogP contribution in [-0.4, -0.2) is 23.3 Å². The van der Waals surface area contributed by atoms with Crippen molar-refractivity contribution in [2.45, 2.75) is 13.0 Å². The molecule has 4 nitrogen and oxygen atoms in total. The molecule has 0 bridgehead atoms. The van der Waals surface area contributed by atoms with Crippen molar-refractivity contribution < 1.29 is 9.15 Å². The highest BCUT2D eigenvalue weighted by atomic mass is 35.5. The zero-order valence-corrected chi connectivity index (χ0v) is 11.9. The highest BCUT2D eigenvalue weighted by Gasteiger charge is 2.14. The minimum atomic E-state index is 0.685. The Kier molecular flexibility index (Phi) is 3.76. The molecule has 0 aliphatic carbocycles. The van der Waals surface area contributed by atoms with Gasteiger partial charge in [0, 0.05) is 25.3 Å². The SMILES string of the molecule is COCCCn1c(-c2ccco2)nc2cc(Cl)ccc21. The Labute approximate surface area is 121 Å². The molecule has 104 valence electrons. The van der Waals surface area contributed by atoms with E-state index in [1.807, 2.05) is 30.3 Å². The number of aromatic nitrogens is 2. The van der Waals surface area contributed by atoms with Gasteiger partial charge in [0.25, 0.3) is 0 Å². The van der Waals surface area contributed by atoms with Gasteiger partial charge in [0.2, 0.25) is 0 Å². The van der Waals surface area contributed by atoms with E-state index < -0.39 is 0 Å². The molecule has 0 saturated carbocycles. The molecule has 0 atom stereocenters. The third kappa shape index (κ3) is 2.44. The predicted molar refractivity (Wildman–Crippen MR) is 78.9 cm³/mol. The van der Waals surface area contributed by atoms with Crippen molar-refractivity contribution in [2.24, 2.45) is 0 Å². The van der Waals surface area contributed by atoms with Crippen LogP contribution in [0.15, 0.2) is 41.0 Å². The van der Waals surface area contributed by atoms with Crippen molar-refractivity contribution in [3.05, 3.63) is 41.6 Å². The van der Waals surface area contributed by atoms with E-state index in [-0.39, 0.29) is 0 Å². The Bertz CT molecular complexity index is 704. The minimum Gasteiger partial charge on any atom is -0.461 e. The molecule has 0 aliphatic rings. The Hall–Kier alpha value is -1.78. The third-order valence-electron chi connectivity index (χ3n) is 3.18. The van der Waals surface area contributed by atoms with E-state index in [1.54, 1.807) is 13.4 Å². The molecule has 3 rings (SSSR count). The fourth-order valence-corrected chi connectivity index (χ4v) is 2.46. The Morgan fingerprint density at radius 2 is 2.25 bits per heavy atom. The van der Waals surface area contributed by atoms with Crippen LogP contribution in [-0.2, 0) is 11.3 Å². The van der Waals surface area contributed by atoms with E-state index in [4.69, 9.17) is 20.8 Å². The number of benzene rings is 1. The standard InChI is InChI=1S/C15H15ClN2O2/c1-19-8-3-7-18-13-6-5-11(16)10-12(13)17-15(18)14-4-2-9-20-14/h2,4-6,9-10H,3,7-8H2,1H3. The van der Waals surface area contributed by atoms with Crippen molar-refractivity contribution in [2.75, 3.05) is 13.7 Å². The number of aryl methyl sites for hydroxylation is 1. The number of nitrogens with zero attached hydrogens (tertiary/aromatic N) is 2.